The number of rotatable bonds is 6. The molecule has 1 N–H and O–H groups in total. The van der Waals surface area contributed by atoms with Gasteiger partial charge in [-0.15, -0.1) is 0 Å². The average Bonchev–Trinajstić information content (AvgIpc) is 3.25. The summed E-state index contributed by atoms with van der Waals surface area (Å²) in [5.41, 5.74) is 0.0842. The van der Waals surface area contributed by atoms with E-state index in [2.05, 4.69) is 0 Å². The van der Waals surface area contributed by atoms with Crippen LogP contribution in [0.5, 0.6) is 0 Å². The summed E-state index contributed by atoms with van der Waals surface area (Å²) in [5.74, 6) is -0.679. The van der Waals surface area contributed by atoms with Gasteiger partial charge in [-0.2, -0.15) is 0 Å². The Labute approximate surface area is 145 Å². The molecule has 0 aliphatic heterocycles. The molecule has 6 heteroatoms. The standard InChI is InChI=1S/C19H20FNO4/c1-12-15(17(22)23)9-14(25-12)11-21(2)18(24)19(7-8-19)10-13-5-3-4-6-16(13)20/h3-6,9H,7-8,10-11H2,1-2H3,(H,22,23). The zero-order valence-corrected chi connectivity index (χ0v) is 14.2. The minimum Gasteiger partial charge on any atom is -0.478 e. The van der Waals surface area contributed by atoms with E-state index in [1.807, 2.05) is 0 Å². The van der Waals surface area contributed by atoms with Crippen LogP contribution in [0.25, 0.3) is 0 Å². The number of carbonyl (C=O) groups excluding carboxylic acids is 1. The lowest BCUT2D eigenvalue weighted by molar-refractivity contribution is -0.136. The van der Waals surface area contributed by atoms with E-state index < -0.39 is 11.4 Å². The van der Waals surface area contributed by atoms with Gasteiger partial charge in [-0.3, -0.25) is 4.79 Å². The predicted molar refractivity (Wildman–Crippen MR) is 88.6 cm³/mol. The van der Waals surface area contributed by atoms with Crippen molar-refractivity contribution in [3.8, 4) is 0 Å². The van der Waals surface area contributed by atoms with Crippen molar-refractivity contribution >= 4 is 11.9 Å². The van der Waals surface area contributed by atoms with Crippen LogP contribution in [0.4, 0.5) is 4.39 Å². The second-order valence-corrected chi connectivity index (χ2v) is 6.70. The van der Waals surface area contributed by atoms with Gasteiger partial charge in [0, 0.05) is 7.05 Å². The Morgan fingerprint density at radius 1 is 1.32 bits per heavy atom. The molecule has 1 aromatic heterocycles. The highest BCUT2D eigenvalue weighted by molar-refractivity contribution is 5.89. The predicted octanol–water partition coefficient (Wildman–Crippen LogP) is 3.41. The molecule has 1 aromatic carbocycles. The fourth-order valence-corrected chi connectivity index (χ4v) is 3.17. The van der Waals surface area contributed by atoms with E-state index in [1.165, 1.54) is 17.0 Å². The number of benzene rings is 1. The van der Waals surface area contributed by atoms with Gasteiger partial charge < -0.3 is 14.4 Å². The molecule has 0 bridgehead atoms. The van der Waals surface area contributed by atoms with Gasteiger partial charge in [0.2, 0.25) is 5.91 Å². The van der Waals surface area contributed by atoms with Crippen LogP contribution in [-0.4, -0.2) is 28.9 Å². The first-order chi connectivity index (χ1) is 11.8. The quantitative estimate of drug-likeness (QED) is 0.871. The van der Waals surface area contributed by atoms with Gasteiger partial charge in [0.1, 0.15) is 22.9 Å². The molecule has 1 aliphatic carbocycles. The monoisotopic (exact) mass is 345 g/mol. The van der Waals surface area contributed by atoms with Crippen LogP contribution in [0.2, 0.25) is 0 Å². The van der Waals surface area contributed by atoms with Crippen molar-refractivity contribution in [2.75, 3.05) is 7.05 Å². The lowest BCUT2D eigenvalue weighted by Crippen LogP contribution is -2.35. The Bertz CT molecular complexity index is 823. The summed E-state index contributed by atoms with van der Waals surface area (Å²) in [5, 5.41) is 9.08. The Balaban J connectivity index is 1.71. The van der Waals surface area contributed by atoms with Crippen molar-refractivity contribution in [3.05, 3.63) is 58.8 Å². The zero-order valence-electron chi connectivity index (χ0n) is 14.2. The van der Waals surface area contributed by atoms with E-state index in [0.29, 0.717) is 23.5 Å². The third-order valence-corrected chi connectivity index (χ3v) is 4.73. The van der Waals surface area contributed by atoms with Gasteiger partial charge in [-0.1, -0.05) is 18.2 Å². The molecule has 1 amide bonds. The van der Waals surface area contributed by atoms with Gasteiger partial charge in [0.05, 0.1) is 12.0 Å². The number of carbonyl (C=O) groups is 2. The maximum atomic E-state index is 13.9. The van der Waals surface area contributed by atoms with Gasteiger partial charge >= 0.3 is 5.97 Å². The number of hydrogen-bond acceptors (Lipinski definition) is 3. The molecule has 132 valence electrons. The minimum absolute atomic E-state index is 0.0679. The normalized spacial score (nSPS) is 15.0. The number of halogens is 1. The van der Waals surface area contributed by atoms with Gasteiger partial charge in [0.15, 0.2) is 0 Å². The second-order valence-electron chi connectivity index (χ2n) is 6.70. The lowest BCUT2D eigenvalue weighted by atomic mass is 9.94. The molecule has 2 aromatic rings. The maximum Gasteiger partial charge on any atom is 0.339 e. The molecule has 0 spiro atoms. The average molecular weight is 345 g/mol. The largest absolute Gasteiger partial charge is 0.478 e. The van der Waals surface area contributed by atoms with Crippen LogP contribution in [0, 0.1) is 18.2 Å². The van der Waals surface area contributed by atoms with E-state index >= 15 is 0 Å². The number of carboxylic acids is 1. The van der Waals surface area contributed by atoms with Crippen LogP contribution >= 0.6 is 0 Å². The summed E-state index contributed by atoms with van der Waals surface area (Å²) in [4.78, 5) is 25.4. The topological polar surface area (TPSA) is 70.8 Å². The third kappa shape index (κ3) is 3.43. The summed E-state index contributed by atoms with van der Waals surface area (Å²) in [6.45, 7) is 1.77. The SMILES string of the molecule is Cc1oc(CN(C)C(=O)C2(Cc3ccccc3F)CC2)cc1C(=O)O. The Morgan fingerprint density at radius 2 is 2.00 bits per heavy atom. The molecule has 0 atom stereocenters. The van der Waals surface area contributed by atoms with E-state index in [4.69, 9.17) is 9.52 Å². The van der Waals surface area contributed by atoms with E-state index in [1.54, 1.807) is 32.2 Å². The number of aromatic carboxylic acids is 1. The highest BCUT2D eigenvalue weighted by Gasteiger charge is 2.51. The van der Waals surface area contributed by atoms with Gasteiger partial charge in [-0.25, -0.2) is 9.18 Å². The molecule has 5 nitrogen and oxygen atoms in total. The van der Waals surface area contributed by atoms with Crippen molar-refractivity contribution in [1.29, 1.82) is 0 Å². The smallest absolute Gasteiger partial charge is 0.339 e. The second kappa shape index (κ2) is 6.35. The van der Waals surface area contributed by atoms with Gasteiger partial charge in [-0.05, 0) is 43.9 Å². The third-order valence-electron chi connectivity index (χ3n) is 4.73. The molecule has 3 rings (SSSR count). The molecule has 1 fully saturated rings. The van der Waals surface area contributed by atoms with E-state index in [0.717, 1.165) is 12.8 Å². The van der Waals surface area contributed by atoms with Crippen molar-refractivity contribution in [2.24, 2.45) is 5.41 Å². The molecule has 1 heterocycles. The van der Waals surface area contributed by atoms with E-state index in [-0.39, 0.29) is 23.8 Å². The number of furan rings is 1. The van der Waals surface area contributed by atoms with Crippen molar-refractivity contribution in [2.45, 2.75) is 32.7 Å². The Morgan fingerprint density at radius 3 is 2.56 bits per heavy atom. The summed E-state index contributed by atoms with van der Waals surface area (Å²) in [7, 11) is 1.65. The van der Waals surface area contributed by atoms with Crippen molar-refractivity contribution in [1.82, 2.24) is 4.90 Å². The number of carboxylic acid groups (broad SMARTS) is 1. The van der Waals surface area contributed by atoms with Crippen LogP contribution < -0.4 is 0 Å². The number of nitrogens with zero attached hydrogens (tertiary/aromatic N) is 1. The highest BCUT2D eigenvalue weighted by Crippen LogP contribution is 2.50. The lowest BCUT2D eigenvalue weighted by Gasteiger charge is -2.23. The highest BCUT2D eigenvalue weighted by atomic mass is 19.1. The number of hydrogen-bond donors (Lipinski definition) is 1. The fraction of sp³-hybridized carbons (Fsp3) is 0.368. The number of amides is 1. The fourth-order valence-electron chi connectivity index (χ4n) is 3.17. The van der Waals surface area contributed by atoms with Crippen molar-refractivity contribution < 1.29 is 23.5 Å². The first kappa shape index (κ1) is 17.2. The van der Waals surface area contributed by atoms with Crippen LogP contribution in [0.3, 0.4) is 0 Å². The summed E-state index contributed by atoms with van der Waals surface area (Å²) in [6, 6.07) is 7.95. The molecular formula is C19H20FNO4. The molecule has 0 radical (unpaired) electrons. The Hall–Kier alpha value is -2.63. The van der Waals surface area contributed by atoms with Crippen molar-refractivity contribution in [3.63, 3.8) is 0 Å². The van der Waals surface area contributed by atoms with E-state index in [9.17, 15) is 14.0 Å². The van der Waals surface area contributed by atoms with Crippen LogP contribution in [-0.2, 0) is 17.8 Å². The molecule has 0 saturated heterocycles. The molecular weight excluding hydrogens is 325 g/mol. The van der Waals surface area contributed by atoms with Gasteiger partial charge in [0.25, 0.3) is 0 Å². The summed E-state index contributed by atoms with van der Waals surface area (Å²) in [6.07, 6.45) is 1.82. The number of aryl methyl sites for hydroxylation is 1. The summed E-state index contributed by atoms with van der Waals surface area (Å²) >= 11 is 0. The first-order valence-corrected chi connectivity index (χ1v) is 8.14. The molecule has 25 heavy (non-hydrogen) atoms. The van der Waals surface area contributed by atoms with Crippen LogP contribution in [0.1, 0.15) is 40.3 Å². The molecule has 1 aliphatic rings. The van der Waals surface area contributed by atoms with Crippen LogP contribution in [0.15, 0.2) is 34.7 Å². The molecule has 1 saturated carbocycles. The zero-order chi connectivity index (χ0) is 18.2. The Kier molecular flexibility index (Phi) is 4.37. The minimum atomic E-state index is -1.06. The summed E-state index contributed by atoms with van der Waals surface area (Å²) < 4.78 is 19.3. The molecule has 0 unspecified atom stereocenters. The first-order valence-electron chi connectivity index (χ1n) is 8.14. The maximum absolute atomic E-state index is 13.9.